The molecule has 0 atom stereocenters. The highest BCUT2D eigenvalue weighted by molar-refractivity contribution is 6.30. The molecular weight excluding hydrogens is 442 g/mol. The fraction of sp³-hybridized carbons (Fsp3) is 0.407. The number of ether oxygens (including phenoxy) is 2. The van der Waals surface area contributed by atoms with Gasteiger partial charge < -0.3 is 24.5 Å². The molecule has 8 heteroatoms. The molecule has 0 spiro atoms. The second-order valence-corrected chi connectivity index (χ2v) is 9.08. The van der Waals surface area contributed by atoms with E-state index >= 15 is 0 Å². The fourth-order valence-electron chi connectivity index (χ4n) is 5.20. The predicted octanol–water partition coefficient (Wildman–Crippen LogP) is 2.73. The summed E-state index contributed by atoms with van der Waals surface area (Å²) in [5.74, 6) is 1.82. The summed E-state index contributed by atoms with van der Waals surface area (Å²) < 4.78 is 11.0. The molecule has 0 saturated carbocycles. The molecule has 0 bridgehead atoms. The van der Waals surface area contributed by atoms with E-state index in [4.69, 9.17) is 24.5 Å². The Morgan fingerprint density at radius 3 is 2.66 bits per heavy atom. The third kappa shape index (κ3) is 4.22. The van der Waals surface area contributed by atoms with Gasteiger partial charge in [0.15, 0.2) is 0 Å². The van der Waals surface area contributed by atoms with Gasteiger partial charge in [0.25, 0.3) is 0 Å². The zero-order valence-electron chi connectivity index (χ0n) is 20.1. The van der Waals surface area contributed by atoms with Crippen LogP contribution in [-0.4, -0.2) is 88.3 Å². The van der Waals surface area contributed by atoms with Crippen molar-refractivity contribution in [2.75, 3.05) is 77.6 Å². The SMILES string of the molecule is COc1ccc2c(c1)/C(=N\OCCN1CCOCC1)c1c-2c(N2CCNCC2)nc2ccccc12. The van der Waals surface area contributed by atoms with E-state index in [0.29, 0.717) is 6.61 Å². The van der Waals surface area contributed by atoms with Crippen LogP contribution in [0.15, 0.2) is 47.6 Å². The van der Waals surface area contributed by atoms with Gasteiger partial charge >= 0.3 is 0 Å². The Balaban J connectivity index is 1.45. The van der Waals surface area contributed by atoms with Gasteiger partial charge in [-0.1, -0.05) is 23.4 Å². The summed E-state index contributed by atoms with van der Waals surface area (Å²) in [5.41, 5.74) is 6.22. The molecule has 6 rings (SSSR count). The number of hydrogen-bond donors (Lipinski definition) is 1. The van der Waals surface area contributed by atoms with E-state index in [9.17, 15) is 0 Å². The van der Waals surface area contributed by atoms with Gasteiger partial charge in [0.1, 0.15) is 23.9 Å². The summed E-state index contributed by atoms with van der Waals surface area (Å²) in [6, 6.07) is 14.5. The lowest BCUT2D eigenvalue weighted by atomic mass is 10.0. The molecule has 0 unspecified atom stereocenters. The number of anilines is 1. The quantitative estimate of drug-likeness (QED) is 0.341. The van der Waals surface area contributed by atoms with Gasteiger partial charge in [-0.3, -0.25) is 4.90 Å². The molecule has 2 aliphatic heterocycles. The number of aromatic nitrogens is 1. The third-order valence-electron chi connectivity index (χ3n) is 7.04. The molecule has 3 heterocycles. The monoisotopic (exact) mass is 473 g/mol. The van der Waals surface area contributed by atoms with Crippen LogP contribution < -0.4 is 15.0 Å². The first kappa shape index (κ1) is 22.3. The van der Waals surface area contributed by atoms with Crippen LogP contribution in [0.25, 0.3) is 22.0 Å². The van der Waals surface area contributed by atoms with Crippen molar-refractivity contribution in [3.63, 3.8) is 0 Å². The maximum atomic E-state index is 5.96. The standard InChI is InChI=1S/C27H31N5O3/c1-33-19-6-7-20-22(18-19)26(30-35-17-14-31-12-15-34-16-13-31)24-21-4-2-3-5-23(21)29-27(25(20)24)32-10-8-28-9-11-32/h2-7,18,28H,8-17H2,1H3/b30-26+. The Labute approximate surface area is 205 Å². The molecule has 8 nitrogen and oxygen atoms in total. The number of fused-ring (bicyclic) bond motifs is 5. The van der Waals surface area contributed by atoms with Crippen LogP contribution in [0.1, 0.15) is 11.1 Å². The molecule has 2 saturated heterocycles. The van der Waals surface area contributed by atoms with Crippen molar-refractivity contribution in [1.82, 2.24) is 15.2 Å². The minimum Gasteiger partial charge on any atom is -0.497 e. The Bertz CT molecular complexity index is 1250. The number of morpholine rings is 1. The number of oxime groups is 1. The van der Waals surface area contributed by atoms with Crippen LogP contribution in [0.5, 0.6) is 5.75 Å². The molecule has 1 N–H and O–H groups in total. The van der Waals surface area contributed by atoms with Crippen molar-refractivity contribution in [2.45, 2.75) is 0 Å². The van der Waals surface area contributed by atoms with Crippen LogP contribution >= 0.6 is 0 Å². The largest absolute Gasteiger partial charge is 0.497 e. The molecule has 1 aromatic heterocycles. The highest BCUT2D eigenvalue weighted by Gasteiger charge is 2.33. The molecule has 2 aromatic carbocycles. The minimum absolute atomic E-state index is 0.534. The number of nitrogens with one attached hydrogen (secondary N) is 1. The van der Waals surface area contributed by atoms with Crippen LogP contribution in [0, 0.1) is 0 Å². The van der Waals surface area contributed by atoms with Gasteiger partial charge in [-0.15, -0.1) is 0 Å². The third-order valence-corrected chi connectivity index (χ3v) is 7.04. The van der Waals surface area contributed by atoms with Crippen molar-refractivity contribution in [3.8, 4) is 16.9 Å². The summed E-state index contributed by atoms with van der Waals surface area (Å²) >= 11 is 0. The average molecular weight is 474 g/mol. The van der Waals surface area contributed by atoms with Crippen molar-refractivity contribution < 1.29 is 14.3 Å². The first-order valence-electron chi connectivity index (χ1n) is 12.4. The second-order valence-electron chi connectivity index (χ2n) is 9.08. The number of methoxy groups -OCH3 is 1. The number of nitrogens with zero attached hydrogens (tertiary/aromatic N) is 4. The minimum atomic E-state index is 0.534. The van der Waals surface area contributed by atoms with E-state index in [2.05, 4.69) is 45.4 Å². The highest BCUT2D eigenvalue weighted by atomic mass is 16.6. The van der Waals surface area contributed by atoms with Crippen LogP contribution in [0.3, 0.4) is 0 Å². The molecule has 35 heavy (non-hydrogen) atoms. The summed E-state index contributed by atoms with van der Waals surface area (Å²) in [4.78, 5) is 15.9. The van der Waals surface area contributed by atoms with Gasteiger partial charge in [0.2, 0.25) is 0 Å². The summed E-state index contributed by atoms with van der Waals surface area (Å²) in [5, 5.41) is 9.29. The summed E-state index contributed by atoms with van der Waals surface area (Å²) in [7, 11) is 1.70. The number of para-hydroxylation sites is 1. The van der Waals surface area contributed by atoms with E-state index in [0.717, 1.165) is 109 Å². The Kier molecular flexibility index (Phi) is 6.24. The smallest absolute Gasteiger partial charge is 0.137 e. The van der Waals surface area contributed by atoms with Gasteiger partial charge in [-0.2, -0.15) is 0 Å². The fourth-order valence-corrected chi connectivity index (χ4v) is 5.20. The normalized spacial score (nSPS) is 19.1. The summed E-state index contributed by atoms with van der Waals surface area (Å²) in [6.45, 7) is 8.55. The van der Waals surface area contributed by atoms with Crippen molar-refractivity contribution in [1.29, 1.82) is 0 Å². The Morgan fingerprint density at radius 1 is 1.00 bits per heavy atom. The van der Waals surface area contributed by atoms with Crippen LogP contribution in [0.2, 0.25) is 0 Å². The topological polar surface area (TPSA) is 71.5 Å². The lowest BCUT2D eigenvalue weighted by molar-refractivity contribution is 0.0212. The van der Waals surface area contributed by atoms with E-state index in [1.807, 2.05) is 12.1 Å². The number of hydrogen-bond acceptors (Lipinski definition) is 8. The molecule has 3 aliphatic rings. The summed E-state index contributed by atoms with van der Waals surface area (Å²) in [6.07, 6.45) is 0. The zero-order chi connectivity index (χ0) is 23.6. The van der Waals surface area contributed by atoms with Gasteiger partial charge in [-0.25, -0.2) is 4.98 Å². The zero-order valence-corrected chi connectivity index (χ0v) is 20.1. The Hall–Kier alpha value is -3.20. The maximum Gasteiger partial charge on any atom is 0.137 e. The van der Waals surface area contributed by atoms with E-state index in [1.54, 1.807) is 7.11 Å². The van der Waals surface area contributed by atoms with Gasteiger partial charge in [0.05, 0.1) is 25.8 Å². The number of benzene rings is 2. The van der Waals surface area contributed by atoms with Crippen LogP contribution in [-0.2, 0) is 9.57 Å². The molecule has 2 fully saturated rings. The lowest BCUT2D eigenvalue weighted by Gasteiger charge is -2.30. The average Bonchev–Trinajstić information content (AvgIpc) is 3.25. The molecule has 1 aliphatic carbocycles. The lowest BCUT2D eigenvalue weighted by Crippen LogP contribution is -2.44. The first-order valence-corrected chi connectivity index (χ1v) is 12.4. The van der Waals surface area contributed by atoms with Crippen molar-refractivity contribution in [3.05, 3.63) is 53.6 Å². The number of pyridine rings is 1. The van der Waals surface area contributed by atoms with Crippen molar-refractivity contribution >= 4 is 22.4 Å². The maximum absolute atomic E-state index is 5.96. The number of rotatable bonds is 6. The van der Waals surface area contributed by atoms with Gasteiger partial charge in [-0.05, 0) is 29.8 Å². The first-order chi connectivity index (χ1) is 17.3. The van der Waals surface area contributed by atoms with E-state index in [-0.39, 0.29) is 0 Å². The molecule has 0 amide bonds. The van der Waals surface area contributed by atoms with E-state index in [1.165, 1.54) is 0 Å². The Morgan fingerprint density at radius 2 is 1.83 bits per heavy atom. The molecule has 0 radical (unpaired) electrons. The second kappa shape index (κ2) is 9.81. The number of piperazine rings is 1. The van der Waals surface area contributed by atoms with Crippen LogP contribution in [0.4, 0.5) is 5.82 Å². The van der Waals surface area contributed by atoms with Crippen molar-refractivity contribution in [2.24, 2.45) is 5.16 Å². The molecule has 182 valence electrons. The predicted molar refractivity (Wildman–Crippen MR) is 138 cm³/mol. The van der Waals surface area contributed by atoms with Gasteiger partial charge in [0, 0.05) is 67.9 Å². The molecular formula is C27H31N5O3. The highest BCUT2D eigenvalue weighted by Crippen LogP contribution is 2.46. The van der Waals surface area contributed by atoms with E-state index < -0.39 is 0 Å². The molecule has 3 aromatic rings.